The minimum absolute atomic E-state index is 0.217. The maximum absolute atomic E-state index is 5.99. The SMILES string of the molecule is CC(c1ccc(CCCc2ccc(C(C)(c3ccc(OCC4CO4)cc3)c3ccc(OCC4CO4)cc3)cc2)cc1)(c1ccc(OCC2CO2)cc1)c1ccc(OCC2CO2)cc1. The average molecular weight is 845 g/mol. The molecule has 0 N–H and O–H groups in total. The van der Waals surface area contributed by atoms with Gasteiger partial charge in [-0.1, -0.05) is 97.1 Å². The highest BCUT2D eigenvalue weighted by atomic mass is 16.6. The lowest BCUT2D eigenvalue weighted by Crippen LogP contribution is -2.25. The third-order valence-corrected chi connectivity index (χ3v) is 13.1. The normalized spacial score (nSPS) is 21.4. The zero-order chi connectivity index (χ0) is 42.6. The molecular formula is C55H56O8. The van der Waals surface area contributed by atoms with Gasteiger partial charge in [0.2, 0.25) is 0 Å². The predicted molar refractivity (Wildman–Crippen MR) is 243 cm³/mol. The van der Waals surface area contributed by atoms with Crippen molar-refractivity contribution in [2.24, 2.45) is 0 Å². The summed E-state index contributed by atoms with van der Waals surface area (Å²) in [6, 6.07) is 52.5. The van der Waals surface area contributed by atoms with Gasteiger partial charge in [0.15, 0.2) is 0 Å². The number of hydrogen-bond acceptors (Lipinski definition) is 8. The Hall–Kier alpha value is -5.64. The van der Waals surface area contributed by atoms with Crippen molar-refractivity contribution in [2.45, 2.75) is 68.4 Å². The number of benzene rings is 6. The van der Waals surface area contributed by atoms with Crippen molar-refractivity contribution in [1.82, 2.24) is 0 Å². The molecule has 0 aliphatic carbocycles. The van der Waals surface area contributed by atoms with Crippen LogP contribution in [0.5, 0.6) is 23.0 Å². The van der Waals surface area contributed by atoms with Crippen LogP contribution in [-0.2, 0) is 42.6 Å². The number of epoxide rings is 4. The van der Waals surface area contributed by atoms with E-state index in [-0.39, 0.29) is 24.4 Å². The molecule has 0 aromatic heterocycles. The van der Waals surface area contributed by atoms with Gasteiger partial charge in [0, 0.05) is 10.8 Å². The smallest absolute Gasteiger partial charge is 0.119 e. The molecule has 8 heteroatoms. The van der Waals surface area contributed by atoms with Crippen LogP contribution in [0.4, 0.5) is 0 Å². The number of hydrogen-bond donors (Lipinski definition) is 0. The molecule has 4 fully saturated rings. The van der Waals surface area contributed by atoms with Crippen LogP contribution < -0.4 is 18.9 Å². The van der Waals surface area contributed by atoms with Gasteiger partial charge in [0.25, 0.3) is 0 Å². The summed E-state index contributed by atoms with van der Waals surface area (Å²) in [6.07, 6.45) is 3.90. The summed E-state index contributed by atoms with van der Waals surface area (Å²) in [5.74, 6) is 3.42. The lowest BCUT2D eigenvalue weighted by Gasteiger charge is -2.32. The van der Waals surface area contributed by atoms with Crippen molar-refractivity contribution in [3.8, 4) is 23.0 Å². The summed E-state index contributed by atoms with van der Waals surface area (Å²) in [5.41, 5.74) is 9.11. The third-order valence-electron chi connectivity index (χ3n) is 13.1. The molecule has 324 valence electrons. The first kappa shape index (κ1) is 41.4. The Morgan fingerprint density at radius 3 is 0.762 bits per heavy atom. The molecule has 63 heavy (non-hydrogen) atoms. The topological polar surface area (TPSA) is 87.0 Å². The molecule has 10 rings (SSSR count). The van der Waals surface area contributed by atoms with Gasteiger partial charge in [-0.25, -0.2) is 0 Å². The Labute approximate surface area is 371 Å². The van der Waals surface area contributed by atoms with Crippen molar-refractivity contribution >= 4 is 0 Å². The van der Waals surface area contributed by atoms with E-state index < -0.39 is 10.8 Å². The number of rotatable bonds is 22. The third kappa shape index (κ3) is 10.1. The zero-order valence-electron chi connectivity index (χ0n) is 36.2. The fourth-order valence-corrected chi connectivity index (χ4v) is 8.46. The lowest BCUT2D eigenvalue weighted by atomic mass is 9.71. The van der Waals surface area contributed by atoms with Gasteiger partial charge in [-0.05, 0) is 126 Å². The highest BCUT2D eigenvalue weighted by molar-refractivity contribution is 5.53. The first-order chi connectivity index (χ1) is 30.9. The van der Waals surface area contributed by atoms with Crippen molar-refractivity contribution in [2.75, 3.05) is 52.9 Å². The van der Waals surface area contributed by atoms with Gasteiger partial charge >= 0.3 is 0 Å². The second-order valence-corrected chi connectivity index (χ2v) is 17.7. The van der Waals surface area contributed by atoms with Gasteiger partial charge in [0.1, 0.15) is 73.8 Å². The second-order valence-electron chi connectivity index (χ2n) is 17.7. The molecule has 4 unspecified atom stereocenters. The molecule has 8 nitrogen and oxygen atoms in total. The van der Waals surface area contributed by atoms with Crippen LogP contribution in [0.25, 0.3) is 0 Å². The molecule has 4 saturated heterocycles. The molecule has 4 aliphatic heterocycles. The molecule has 0 amide bonds. The summed E-state index contributed by atoms with van der Waals surface area (Å²) in [7, 11) is 0. The molecule has 0 spiro atoms. The fourth-order valence-electron chi connectivity index (χ4n) is 8.46. The van der Waals surface area contributed by atoms with Crippen LogP contribution in [0.3, 0.4) is 0 Å². The molecule has 4 heterocycles. The van der Waals surface area contributed by atoms with Crippen molar-refractivity contribution < 1.29 is 37.9 Å². The standard InChI is InChI=1S/C55H56O8/c1-54(42-14-22-46(23-15-42)56-30-50-34-60-50,43-16-24-47(25-17-43)57-31-51-35-61-51)40-10-6-38(7-11-40)4-3-5-39-8-12-41(13-9-39)55(2,44-18-26-48(27-19-44)58-32-52-36-62-52)45-20-28-49(29-21-45)59-33-53-37-63-53/h6-29,50-53H,3-5,30-37H2,1-2H3. The minimum Gasteiger partial charge on any atom is -0.491 e. The molecule has 0 radical (unpaired) electrons. The van der Waals surface area contributed by atoms with Crippen LogP contribution in [0.1, 0.15) is 64.8 Å². The molecule has 4 atom stereocenters. The maximum atomic E-state index is 5.99. The monoisotopic (exact) mass is 844 g/mol. The Kier molecular flexibility index (Phi) is 12.0. The van der Waals surface area contributed by atoms with Crippen LogP contribution in [0.15, 0.2) is 146 Å². The highest BCUT2D eigenvalue weighted by Gasteiger charge is 2.34. The van der Waals surface area contributed by atoms with E-state index in [0.717, 1.165) is 68.7 Å². The van der Waals surface area contributed by atoms with E-state index in [1.807, 2.05) is 0 Å². The van der Waals surface area contributed by atoms with E-state index in [4.69, 9.17) is 37.9 Å². The molecule has 4 aliphatic rings. The van der Waals surface area contributed by atoms with Gasteiger partial charge in [-0.15, -0.1) is 0 Å². The summed E-state index contributed by atoms with van der Waals surface area (Å²) in [5, 5.41) is 0. The minimum atomic E-state index is -0.395. The summed E-state index contributed by atoms with van der Waals surface area (Å²) in [4.78, 5) is 0. The van der Waals surface area contributed by atoms with Crippen molar-refractivity contribution in [3.05, 3.63) is 190 Å². The zero-order valence-corrected chi connectivity index (χ0v) is 36.2. The molecule has 6 aromatic carbocycles. The quantitative estimate of drug-likeness (QED) is 0.0494. The Bertz CT molecular complexity index is 2100. The number of ether oxygens (including phenoxy) is 8. The summed E-state index contributed by atoms with van der Waals surface area (Å²) >= 11 is 0. The molecule has 0 saturated carbocycles. The molecule has 6 aromatic rings. The van der Waals surface area contributed by atoms with E-state index in [1.54, 1.807) is 0 Å². The predicted octanol–water partition coefficient (Wildman–Crippen LogP) is 9.68. The molecular weight excluding hydrogens is 789 g/mol. The van der Waals surface area contributed by atoms with E-state index in [1.165, 1.54) is 44.5 Å². The van der Waals surface area contributed by atoms with E-state index in [9.17, 15) is 0 Å². The van der Waals surface area contributed by atoms with E-state index in [2.05, 4.69) is 159 Å². The van der Waals surface area contributed by atoms with Gasteiger partial charge in [0.05, 0.1) is 26.4 Å². The lowest BCUT2D eigenvalue weighted by molar-refractivity contribution is 0.263. The van der Waals surface area contributed by atoms with Crippen molar-refractivity contribution in [1.29, 1.82) is 0 Å². The summed E-state index contributed by atoms with van der Waals surface area (Å²) in [6.45, 7) is 10.1. The van der Waals surface area contributed by atoms with Gasteiger partial charge in [-0.2, -0.15) is 0 Å². The van der Waals surface area contributed by atoms with Gasteiger partial charge < -0.3 is 37.9 Å². The Morgan fingerprint density at radius 1 is 0.349 bits per heavy atom. The summed E-state index contributed by atoms with van der Waals surface area (Å²) < 4.78 is 45.3. The first-order valence-electron chi connectivity index (χ1n) is 22.5. The Morgan fingerprint density at radius 2 is 0.556 bits per heavy atom. The number of aryl methyl sites for hydroxylation is 2. The highest BCUT2D eigenvalue weighted by Crippen LogP contribution is 2.42. The maximum Gasteiger partial charge on any atom is 0.119 e. The van der Waals surface area contributed by atoms with Crippen LogP contribution in [0, 0.1) is 0 Å². The van der Waals surface area contributed by atoms with E-state index in [0.29, 0.717) is 26.4 Å². The van der Waals surface area contributed by atoms with Crippen LogP contribution >= 0.6 is 0 Å². The second kappa shape index (κ2) is 18.2. The van der Waals surface area contributed by atoms with Crippen molar-refractivity contribution in [3.63, 3.8) is 0 Å². The van der Waals surface area contributed by atoms with Gasteiger partial charge in [-0.3, -0.25) is 0 Å². The molecule has 0 bridgehead atoms. The first-order valence-corrected chi connectivity index (χ1v) is 22.5. The fraction of sp³-hybridized carbons (Fsp3) is 0.345. The largest absolute Gasteiger partial charge is 0.491 e. The van der Waals surface area contributed by atoms with E-state index >= 15 is 0 Å². The Balaban J connectivity index is 0.822. The van der Waals surface area contributed by atoms with Crippen LogP contribution in [-0.4, -0.2) is 77.3 Å². The van der Waals surface area contributed by atoms with Crippen LogP contribution in [0.2, 0.25) is 0 Å². The average Bonchev–Trinajstić information content (AvgIpc) is 4.10.